The average Bonchev–Trinajstić information content (AvgIpc) is 2.46. The Morgan fingerprint density at radius 3 is 2.50 bits per heavy atom. The normalized spacial score (nSPS) is 10.7. The molecule has 1 aromatic carbocycles. The highest BCUT2D eigenvalue weighted by atomic mass is 35.5. The van der Waals surface area contributed by atoms with E-state index in [1.165, 1.54) is 0 Å². The summed E-state index contributed by atoms with van der Waals surface area (Å²) in [6, 6.07) is 7.50. The lowest BCUT2D eigenvalue weighted by Gasteiger charge is -2.11. The molecule has 0 atom stereocenters. The van der Waals surface area contributed by atoms with Gasteiger partial charge in [0.2, 0.25) is 0 Å². The van der Waals surface area contributed by atoms with Crippen LogP contribution in [-0.2, 0) is 0 Å². The van der Waals surface area contributed by atoms with Crippen molar-refractivity contribution in [2.45, 2.75) is 19.8 Å². The molecule has 0 saturated carbocycles. The minimum Gasteiger partial charge on any atom is -0.495 e. The first-order valence-electron chi connectivity index (χ1n) is 6.45. The fourth-order valence-electron chi connectivity index (χ4n) is 1.82. The molecular weight excluding hydrogens is 274 g/mol. The van der Waals surface area contributed by atoms with Crippen LogP contribution in [0.5, 0.6) is 5.75 Å². The largest absolute Gasteiger partial charge is 0.495 e. The third-order valence-corrected chi connectivity index (χ3v) is 3.30. The van der Waals surface area contributed by atoms with E-state index >= 15 is 0 Å². The second-order valence-corrected chi connectivity index (χ2v) is 5.16. The molecule has 2 aromatic rings. The summed E-state index contributed by atoms with van der Waals surface area (Å²) < 4.78 is 5.16. The van der Waals surface area contributed by atoms with Gasteiger partial charge < -0.3 is 10.1 Å². The summed E-state index contributed by atoms with van der Waals surface area (Å²) in [6.45, 7) is 4.21. The van der Waals surface area contributed by atoms with E-state index in [2.05, 4.69) is 29.1 Å². The SMILES string of the molecule is CNc1cc(C(C)C)nc(-c2ccc(OC)c(Cl)c2)n1. The number of nitrogens with one attached hydrogen (secondary N) is 1. The van der Waals surface area contributed by atoms with Gasteiger partial charge in [0, 0.05) is 24.4 Å². The van der Waals surface area contributed by atoms with Gasteiger partial charge in [-0.25, -0.2) is 9.97 Å². The molecule has 0 amide bonds. The van der Waals surface area contributed by atoms with Crippen LogP contribution in [-0.4, -0.2) is 24.1 Å². The predicted molar refractivity (Wildman–Crippen MR) is 82.7 cm³/mol. The van der Waals surface area contributed by atoms with Crippen molar-refractivity contribution in [1.29, 1.82) is 0 Å². The van der Waals surface area contributed by atoms with E-state index in [1.54, 1.807) is 7.11 Å². The summed E-state index contributed by atoms with van der Waals surface area (Å²) in [4.78, 5) is 9.08. The lowest BCUT2D eigenvalue weighted by Crippen LogP contribution is -2.02. The van der Waals surface area contributed by atoms with Gasteiger partial charge in [0.25, 0.3) is 0 Å². The number of ether oxygens (including phenoxy) is 1. The van der Waals surface area contributed by atoms with Crippen LogP contribution in [0.3, 0.4) is 0 Å². The molecule has 4 nitrogen and oxygen atoms in total. The number of hydrogen-bond acceptors (Lipinski definition) is 4. The molecule has 0 aliphatic heterocycles. The Hall–Kier alpha value is -1.81. The zero-order valence-electron chi connectivity index (χ0n) is 12.1. The molecule has 0 radical (unpaired) electrons. The number of anilines is 1. The Labute approximate surface area is 124 Å². The maximum absolute atomic E-state index is 6.16. The molecule has 0 fully saturated rings. The molecular formula is C15H18ClN3O. The topological polar surface area (TPSA) is 47.0 Å². The van der Waals surface area contributed by atoms with Crippen molar-refractivity contribution in [3.05, 3.63) is 35.0 Å². The van der Waals surface area contributed by atoms with Gasteiger partial charge in [-0.3, -0.25) is 0 Å². The van der Waals surface area contributed by atoms with E-state index in [4.69, 9.17) is 16.3 Å². The molecule has 0 saturated heterocycles. The lowest BCUT2D eigenvalue weighted by atomic mass is 10.1. The van der Waals surface area contributed by atoms with Gasteiger partial charge in [0.05, 0.1) is 12.1 Å². The van der Waals surface area contributed by atoms with E-state index < -0.39 is 0 Å². The van der Waals surface area contributed by atoms with E-state index in [0.29, 0.717) is 22.5 Å². The highest BCUT2D eigenvalue weighted by molar-refractivity contribution is 6.32. The summed E-state index contributed by atoms with van der Waals surface area (Å²) >= 11 is 6.16. The maximum Gasteiger partial charge on any atom is 0.161 e. The monoisotopic (exact) mass is 291 g/mol. The first-order valence-corrected chi connectivity index (χ1v) is 6.83. The van der Waals surface area contributed by atoms with Gasteiger partial charge in [0.15, 0.2) is 5.82 Å². The summed E-state index contributed by atoms with van der Waals surface area (Å²) in [5.74, 6) is 2.43. The number of aromatic nitrogens is 2. The Bertz CT molecular complexity index is 614. The standard InChI is InChI=1S/C15H18ClN3O/c1-9(2)12-8-14(17-3)19-15(18-12)10-5-6-13(20-4)11(16)7-10/h5-9H,1-4H3,(H,17,18,19). The third-order valence-electron chi connectivity index (χ3n) is 3.00. The van der Waals surface area contributed by atoms with Gasteiger partial charge in [-0.2, -0.15) is 0 Å². The van der Waals surface area contributed by atoms with Gasteiger partial charge in [-0.1, -0.05) is 25.4 Å². The van der Waals surface area contributed by atoms with Crippen LogP contribution in [0.25, 0.3) is 11.4 Å². The van der Waals surface area contributed by atoms with E-state index in [9.17, 15) is 0 Å². The Kier molecular flexibility index (Phi) is 4.45. The van der Waals surface area contributed by atoms with Gasteiger partial charge in [-0.05, 0) is 24.1 Å². The second kappa shape index (κ2) is 6.09. The fraction of sp³-hybridized carbons (Fsp3) is 0.333. The molecule has 2 rings (SSSR count). The molecule has 1 aromatic heterocycles. The van der Waals surface area contributed by atoms with Crippen molar-refractivity contribution < 1.29 is 4.74 Å². The minimum absolute atomic E-state index is 0.331. The molecule has 1 N–H and O–H groups in total. The smallest absolute Gasteiger partial charge is 0.161 e. The highest BCUT2D eigenvalue weighted by Gasteiger charge is 2.10. The first kappa shape index (κ1) is 14.6. The number of rotatable bonds is 4. The number of nitrogens with zero attached hydrogens (tertiary/aromatic N) is 2. The second-order valence-electron chi connectivity index (χ2n) is 4.76. The van der Waals surface area contributed by atoms with Crippen molar-refractivity contribution in [1.82, 2.24) is 9.97 Å². The number of benzene rings is 1. The molecule has 5 heteroatoms. The van der Waals surface area contributed by atoms with E-state index in [1.807, 2.05) is 31.3 Å². The van der Waals surface area contributed by atoms with Crippen LogP contribution in [0.15, 0.2) is 24.3 Å². The third kappa shape index (κ3) is 3.02. The van der Waals surface area contributed by atoms with Crippen molar-refractivity contribution in [2.24, 2.45) is 0 Å². The summed E-state index contributed by atoms with van der Waals surface area (Å²) in [5.41, 5.74) is 1.86. The zero-order valence-corrected chi connectivity index (χ0v) is 12.8. The molecule has 1 heterocycles. The summed E-state index contributed by atoms with van der Waals surface area (Å²) in [6.07, 6.45) is 0. The molecule has 0 unspecified atom stereocenters. The van der Waals surface area contributed by atoms with Gasteiger partial charge in [-0.15, -0.1) is 0 Å². The van der Waals surface area contributed by atoms with E-state index in [0.717, 1.165) is 17.1 Å². The Balaban J connectivity index is 2.51. The van der Waals surface area contributed by atoms with Gasteiger partial charge >= 0.3 is 0 Å². The molecule has 0 bridgehead atoms. The molecule has 0 spiro atoms. The van der Waals surface area contributed by atoms with Crippen LogP contribution >= 0.6 is 11.6 Å². The van der Waals surface area contributed by atoms with Crippen LogP contribution < -0.4 is 10.1 Å². The van der Waals surface area contributed by atoms with Crippen LogP contribution in [0.2, 0.25) is 5.02 Å². The predicted octanol–water partition coefficient (Wildman–Crippen LogP) is 3.97. The number of hydrogen-bond donors (Lipinski definition) is 1. The zero-order chi connectivity index (χ0) is 14.7. The fourth-order valence-corrected chi connectivity index (χ4v) is 2.08. The Morgan fingerprint density at radius 2 is 1.95 bits per heavy atom. The summed E-state index contributed by atoms with van der Waals surface area (Å²) in [7, 11) is 3.44. The molecule has 106 valence electrons. The molecule has 0 aliphatic rings. The molecule has 20 heavy (non-hydrogen) atoms. The van der Waals surface area contributed by atoms with Crippen LogP contribution in [0.4, 0.5) is 5.82 Å². The van der Waals surface area contributed by atoms with Crippen molar-refractivity contribution >= 4 is 17.4 Å². The van der Waals surface area contributed by atoms with Crippen LogP contribution in [0, 0.1) is 0 Å². The number of halogens is 1. The van der Waals surface area contributed by atoms with Crippen molar-refractivity contribution in [3.8, 4) is 17.1 Å². The van der Waals surface area contributed by atoms with Crippen LogP contribution in [0.1, 0.15) is 25.5 Å². The average molecular weight is 292 g/mol. The minimum atomic E-state index is 0.331. The Morgan fingerprint density at radius 1 is 1.20 bits per heavy atom. The van der Waals surface area contributed by atoms with Crippen molar-refractivity contribution in [2.75, 3.05) is 19.5 Å². The number of methoxy groups -OCH3 is 1. The first-order chi connectivity index (χ1) is 9.55. The van der Waals surface area contributed by atoms with Crippen molar-refractivity contribution in [3.63, 3.8) is 0 Å². The maximum atomic E-state index is 6.16. The summed E-state index contributed by atoms with van der Waals surface area (Å²) in [5, 5.41) is 3.61. The molecule has 0 aliphatic carbocycles. The van der Waals surface area contributed by atoms with Gasteiger partial charge in [0.1, 0.15) is 11.6 Å². The highest BCUT2D eigenvalue weighted by Crippen LogP contribution is 2.29. The quantitative estimate of drug-likeness (QED) is 0.926. The van der Waals surface area contributed by atoms with E-state index in [-0.39, 0.29) is 0 Å². The lowest BCUT2D eigenvalue weighted by molar-refractivity contribution is 0.415.